The van der Waals surface area contributed by atoms with E-state index in [1.807, 2.05) is 0 Å². The highest BCUT2D eigenvalue weighted by Gasteiger charge is 2.52. The zero-order chi connectivity index (χ0) is 22.3. The molecule has 1 saturated carbocycles. The molecule has 3 rings (SSSR count). The predicted molar refractivity (Wildman–Crippen MR) is 114 cm³/mol. The van der Waals surface area contributed by atoms with Gasteiger partial charge in [-0.1, -0.05) is 19.9 Å². The van der Waals surface area contributed by atoms with Crippen LogP contribution in [0.4, 0.5) is 4.39 Å². The molecule has 166 valence electrons. The molecule has 1 aromatic rings. The third kappa shape index (κ3) is 5.00. The number of hydrogen-bond acceptors (Lipinski definition) is 5. The number of halogens is 1. The van der Waals surface area contributed by atoms with Crippen molar-refractivity contribution in [1.82, 2.24) is 0 Å². The molecular formula is C23H34BFO5. The van der Waals surface area contributed by atoms with Crippen molar-refractivity contribution in [2.24, 2.45) is 5.41 Å². The summed E-state index contributed by atoms with van der Waals surface area (Å²) in [5, 5.41) is 0. The predicted octanol–water partition coefficient (Wildman–Crippen LogP) is 5.20. The van der Waals surface area contributed by atoms with Gasteiger partial charge in [0.25, 0.3) is 0 Å². The summed E-state index contributed by atoms with van der Waals surface area (Å²) in [6, 6.07) is 2.94. The molecule has 1 aliphatic carbocycles. The number of ether oxygens (including phenoxy) is 2. The van der Waals surface area contributed by atoms with Crippen molar-refractivity contribution >= 4 is 13.1 Å². The Balaban J connectivity index is 1.73. The van der Waals surface area contributed by atoms with Crippen molar-refractivity contribution in [3.8, 4) is 5.75 Å². The molecule has 1 aromatic carbocycles. The zero-order valence-electron chi connectivity index (χ0n) is 19.3. The maximum Gasteiger partial charge on any atom is 0.457 e. The number of aryl methyl sites for hydroxylation is 1. The summed E-state index contributed by atoms with van der Waals surface area (Å²) in [4.78, 5) is 12.6. The lowest BCUT2D eigenvalue weighted by molar-refractivity contribution is -0.0297. The van der Waals surface area contributed by atoms with E-state index in [9.17, 15) is 9.18 Å². The monoisotopic (exact) mass is 420 g/mol. The topological polar surface area (TPSA) is 54.0 Å². The molecule has 0 amide bonds. The molecule has 1 saturated heterocycles. The lowest BCUT2D eigenvalue weighted by Gasteiger charge is -2.43. The van der Waals surface area contributed by atoms with Crippen LogP contribution < -0.4 is 4.74 Å². The second-order valence-electron chi connectivity index (χ2n) is 10.5. The van der Waals surface area contributed by atoms with Crippen LogP contribution in [0.15, 0.2) is 12.1 Å². The van der Waals surface area contributed by atoms with Gasteiger partial charge in [-0.25, -0.2) is 9.18 Å². The Morgan fingerprint density at radius 3 is 2.63 bits per heavy atom. The maximum atomic E-state index is 14.5. The lowest BCUT2D eigenvalue weighted by atomic mass is 9.69. The summed E-state index contributed by atoms with van der Waals surface area (Å²) >= 11 is 0. The van der Waals surface area contributed by atoms with Gasteiger partial charge >= 0.3 is 13.1 Å². The van der Waals surface area contributed by atoms with Gasteiger partial charge in [0.05, 0.1) is 18.8 Å². The quantitative estimate of drug-likeness (QED) is 0.484. The molecule has 2 fully saturated rings. The van der Waals surface area contributed by atoms with E-state index in [1.165, 1.54) is 13.2 Å². The van der Waals surface area contributed by atoms with Gasteiger partial charge < -0.3 is 18.8 Å². The van der Waals surface area contributed by atoms with Gasteiger partial charge in [0, 0.05) is 0 Å². The van der Waals surface area contributed by atoms with Crippen LogP contribution in [-0.2, 0) is 20.5 Å². The Hall–Kier alpha value is -1.60. The molecule has 2 aliphatic rings. The van der Waals surface area contributed by atoms with E-state index in [2.05, 4.69) is 20.8 Å². The highest BCUT2D eigenvalue weighted by molar-refractivity contribution is 6.45. The van der Waals surface area contributed by atoms with E-state index in [0.29, 0.717) is 12.7 Å². The van der Waals surface area contributed by atoms with Crippen molar-refractivity contribution in [2.45, 2.75) is 90.9 Å². The minimum atomic E-state index is -0.729. The number of carbonyl (C=O) groups excluding carboxylic acids is 1. The van der Waals surface area contributed by atoms with Gasteiger partial charge in [-0.2, -0.15) is 0 Å². The largest absolute Gasteiger partial charge is 0.495 e. The molecule has 5 nitrogen and oxygen atoms in total. The van der Waals surface area contributed by atoms with E-state index >= 15 is 0 Å². The first-order valence-electron chi connectivity index (χ1n) is 10.8. The molecule has 0 radical (unpaired) electrons. The van der Waals surface area contributed by atoms with E-state index in [0.717, 1.165) is 24.8 Å². The van der Waals surface area contributed by atoms with Gasteiger partial charge in [-0.3, -0.25) is 0 Å². The number of esters is 1. The van der Waals surface area contributed by atoms with Gasteiger partial charge in [-0.05, 0) is 76.7 Å². The first kappa shape index (κ1) is 23.1. The summed E-state index contributed by atoms with van der Waals surface area (Å²) in [5.41, 5.74) is -0.199. The fraction of sp³-hybridized carbons (Fsp3) is 0.696. The highest BCUT2D eigenvalue weighted by Crippen LogP contribution is 2.48. The van der Waals surface area contributed by atoms with Crippen molar-refractivity contribution in [2.75, 3.05) is 7.11 Å². The second-order valence-corrected chi connectivity index (χ2v) is 10.5. The summed E-state index contributed by atoms with van der Waals surface area (Å²) in [6.45, 7) is 11.9. The van der Waals surface area contributed by atoms with Gasteiger partial charge in [0.15, 0.2) is 0 Å². The first-order chi connectivity index (χ1) is 13.8. The summed E-state index contributed by atoms with van der Waals surface area (Å²) in [7, 11) is 1.11. The van der Waals surface area contributed by atoms with E-state index in [4.69, 9.17) is 18.8 Å². The van der Waals surface area contributed by atoms with Crippen molar-refractivity contribution in [1.29, 1.82) is 0 Å². The lowest BCUT2D eigenvalue weighted by Crippen LogP contribution is -2.45. The Morgan fingerprint density at radius 1 is 1.30 bits per heavy atom. The summed E-state index contributed by atoms with van der Waals surface area (Å²) < 4.78 is 37.8. The first-order valence-corrected chi connectivity index (χ1v) is 10.8. The van der Waals surface area contributed by atoms with Gasteiger partial charge in [0.2, 0.25) is 0 Å². The average molecular weight is 420 g/mol. The number of carbonyl (C=O) groups is 1. The van der Waals surface area contributed by atoms with Crippen LogP contribution in [0, 0.1) is 11.2 Å². The highest BCUT2D eigenvalue weighted by atomic mass is 19.1. The molecule has 1 heterocycles. The third-order valence-electron chi connectivity index (χ3n) is 5.96. The minimum absolute atomic E-state index is 0.1000. The van der Waals surface area contributed by atoms with Crippen molar-refractivity contribution in [3.05, 3.63) is 29.1 Å². The van der Waals surface area contributed by atoms with Crippen LogP contribution in [-0.4, -0.2) is 37.5 Å². The Kier molecular flexibility index (Phi) is 6.27. The number of hydrogen-bond donors (Lipinski definition) is 0. The Labute approximate surface area is 179 Å². The fourth-order valence-electron chi connectivity index (χ4n) is 4.77. The van der Waals surface area contributed by atoms with Crippen molar-refractivity contribution < 1.29 is 28.0 Å². The van der Waals surface area contributed by atoms with Crippen LogP contribution in [0.5, 0.6) is 5.75 Å². The molecule has 1 aliphatic heterocycles. The van der Waals surface area contributed by atoms with Crippen molar-refractivity contribution in [3.63, 3.8) is 0 Å². The van der Waals surface area contributed by atoms with E-state index in [-0.39, 0.29) is 35.6 Å². The second kappa shape index (κ2) is 8.15. The summed E-state index contributed by atoms with van der Waals surface area (Å²) in [5.74, 6) is -1.17. The van der Waals surface area contributed by atoms with E-state index in [1.54, 1.807) is 26.8 Å². The van der Waals surface area contributed by atoms with Crippen LogP contribution in [0.3, 0.4) is 0 Å². The zero-order valence-corrected chi connectivity index (χ0v) is 19.3. The maximum absolute atomic E-state index is 14.5. The molecule has 0 aromatic heterocycles. The fourth-order valence-corrected chi connectivity index (χ4v) is 4.77. The minimum Gasteiger partial charge on any atom is -0.495 e. The molecule has 0 bridgehead atoms. The van der Waals surface area contributed by atoms with Crippen LogP contribution in [0.2, 0.25) is 6.32 Å². The molecule has 30 heavy (non-hydrogen) atoms. The molecule has 7 heteroatoms. The smallest absolute Gasteiger partial charge is 0.457 e. The molecule has 0 spiro atoms. The Bertz CT molecular complexity index is 804. The summed E-state index contributed by atoms with van der Waals surface area (Å²) in [6.07, 6.45) is 4.31. The SMILES string of the molecule is COc1c(CCB2OC3CCC(C)(C)CC3(C)O2)ccc(F)c1C(=O)OC(C)(C)C. The van der Waals surface area contributed by atoms with Crippen LogP contribution in [0.1, 0.15) is 76.7 Å². The Morgan fingerprint density at radius 2 is 2.00 bits per heavy atom. The number of rotatable bonds is 5. The number of methoxy groups -OCH3 is 1. The average Bonchev–Trinajstić information content (AvgIpc) is 2.92. The number of fused-ring (bicyclic) bond motifs is 1. The van der Waals surface area contributed by atoms with E-state index < -0.39 is 17.4 Å². The van der Waals surface area contributed by atoms with Gasteiger partial charge in [-0.15, -0.1) is 0 Å². The number of benzene rings is 1. The normalized spacial score (nSPS) is 25.7. The molecular weight excluding hydrogens is 386 g/mol. The van der Waals surface area contributed by atoms with Gasteiger partial charge in [0.1, 0.15) is 22.7 Å². The van der Waals surface area contributed by atoms with Crippen LogP contribution >= 0.6 is 0 Å². The third-order valence-corrected chi connectivity index (χ3v) is 5.96. The molecule has 2 atom stereocenters. The molecule has 0 N–H and O–H groups in total. The van der Waals surface area contributed by atoms with Crippen LogP contribution in [0.25, 0.3) is 0 Å². The molecule has 2 unspecified atom stereocenters. The standard InChI is InChI=1S/C23H34BFO5/c1-21(2,3)28-20(26)18-16(25)9-8-15(19(18)27-7)11-13-24-29-17-10-12-22(4,5)14-23(17,6)30-24/h8-9,17H,10-14H2,1-7H3.